The van der Waals surface area contributed by atoms with Gasteiger partial charge in [-0.15, -0.1) is 0 Å². The number of nitro groups is 1. The van der Waals surface area contributed by atoms with E-state index in [-0.39, 0.29) is 107 Å². The zero-order valence-corrected chi connectivity index (χ0v) is 13.1. The van der Waals surface area contributed by atoms with Crippen molar-refractivity contribution in [2.45, 2.75) is -6.27 Å². The van der Waals surface area contributed by atoms with E-state index in [4.69, 9.17) is 0 Å². The molecule has 0 saturated carbocycles. The van der Waals surface area contributed by atoms with Crippen LogP contribution < -0.4 is 0 Å². The van der Waals surface area contributed by atoms with E-state index in [1.165, 1.54) is 0 Å². The maximum absolute atomic E-state index is 10.2. The summed E-state index contributed by atoms with van der Waals surface area (Å²) in [7, 11) is 0. The fourth-order valence-corrected chi connectivity index (χ4v) is 0.234. The molecule has 0 radical (unpaired) electrons. The number of thiol groups is 1. The van der Waals surface area contributed by atoms with Crippen molar-refractivity contribution in [1.29, 1.82) is 0 Å². The van der Waals surface area contributed by atoms with Crippen molar-refractivity contribution >= 4 is 127 Å². The normalized spacial score (nSPS) is 11.2. The standard InChI is InChI=1S/C2HNO2S2.2K/c4-3(5)1-2(6)7;;/h(H,6,7);;. The molecule has 0 rings (SSSR count). The van der Waals surface area contributed by atoms with Crippen molar-refractivity contribution in [3.63, 3.8) is 0 Å². The summed E-state index contributed by atoms with van der Waals surface area (Å²) in [6.45, 7) is 0. The van der Waals surface area contributed by atoms with Crippen molar-refractivity contribution in [2.75, 3.05) is 0 Å². The quantitative estimate of drug-likeness (QED) is 0.221. The molecule has 0 aliphatic rings. The van der Waals surface area contributed by atoms with Crippen LogP contribution in [0.15, 0.2) is 0 Å². The van der Waals surface area contributed by atoms with Crippen LogP contribution in [0.5, 0.6) is 0 Å². The van der Waals surface area contributed by atoms with Gasteiger partial charge in [0, 0.05) is 0 Å². The van der Waals surface area contributed by atoms with E-state index in [0.29, 0.717) is 0 Å². The molecule has 0 aromatic rings. The van der Waals surface area contributed by atoms with Gasteiger partial charge in [-0.05, 0) is 0 Å². The van der Waals surface area contributed by atoms with E-state index in [0.717, 1.165) is 0 Å². The summed E-state index contributed by atoms with van der Waals surface area (Å²) < 4.78 is -0.536. The Morgan fingerprint density at radius 1 is 1.78 bits per heavy atom. The van der Waals surface area contributed by atoms with Gasteiger partial charge >= 0.3 is 136 Å². The summed E-state index contributed by atoms with van der Waals surface area (Å²) in [4.78, 5) is 9.94. The minimum absolute atomic E-state index is 0.127. The van der Waals surface area contributed by atoms with Crippen LogP contribution in [0.25, 0.3) is 0 Å². The monoisotopic (exact) mass is 213 g/mol. The number of rotatable bonds is 2. The van der Waals surface area contributed by atoms with E-state index in [2.05, 4.69) is 24.8 Å². The predicted octanol–water partition coefficient (Wildman–Crippen LogP) is -0.489. The first-order valence-electron chi connectivity index (χ1n) is 2.27. The molecule has 0 spiro atoms. The van der Waals surface area contributed by atoms with Crippen LogP contribution in [-0.2, 0) is 0 Å². The van der Waals surface area contributed by atoms with Gasteiger partial charge in [0.25, 0.3) is 0 Å². The van der Waals surface area contributed by atoms with Gasteiger partial charge in [-0.3, -0.25) is 0 Å². The second-order valence-corrected chi connectivity index (χ2v) is 14.2. The zero-order valence-electron chi connectivity index (χ0n) is 5.12. The molecule has 0 N–H and O–H groups in total. The molecular weight excluding hydrogens is 212 g/mol. The molecule has 40 valence electrons. The van der Waals surface area contributed by atoms with Crippen LogP contribution >= 0.6 is 24.8 Å². The number of nitrogens with zero attached hydrogens (tertiary/aromatic N) is 1. The van der Waals surface area contributed by atoms with Gasteiger partial charge < -0.3 is 0 Å². The van der Waals surface area contributed by atoms with Crippen LogP contribution in [0, 0.1) is 10.1 Å². The van der Waals surface area contributed by atoms with Gasteiger partial charge in [0.2, 0.25) is 0 Å². The molecule has 0 bridgehead atoms. The third-order valence-corrected chi connectivity index (χ3v) is 7.17. The van der Waals surface area contributed by atoms with Crippen molar-refractivity contribution in [3.05, 3.63) is 10.1 Å². The van der Waals surface area contributed by atoms with Crippen molar-refractivity contribution in [1.82, 2.24) is 0 Å². The first kappa shape index (κ1) is 12.1. The van der Waals surface area contributed by atoms with Gasteiger partial charge in [-0.1, -0.05) is 0 Å². The molecule has 0 amide bonds. The Hall–Kier alpha value is 3.11. The Bertz CT molecular complexity index is 143. The number of thiocarbonyl (C=S) groups is 1. The van der Waals surface area contributed by atoms with Gasteiger partial charge in [-0.2, -0.15) is 0 Å². The summed E-state index contributed by atoms with van der Waals surface area (Å²) in [6.07, 6.45) is 0. The van der Waals surface area contributed by atoms with Crippen LogP contribution in [0.1, 0.15) is 0 Å². The Balaban J connectivity index is 4.38. The molecule has 9 heavy (non-hydrogen) atoms. The predicted molar refractivity (Wildman–Crippen MR) is 42.8 cm³/mol. The number of hydrogen-bond donors (Lipinski definition) is 1. The van der Waals surface area contributed by atoms with E-state index in [9.17, 15) is 10.1 Å². The molecule has 3 nitrogen and oxygen atoms in total. The van der Waals surface area contributed by atoms with Crippen LogP contribution in [0.4, 0.5) is 0 Å². The zero-order chi connectivity index (χ0) is 7.65. The summed E-state index contributed by atoms with van der Waals surface area (Å²) in [6, 6.07) is 0. The van der Waals surface area contributed by atoms with Gasteiger partial charge in [-0.25, -0.2) is 0 Å². The summed E-state index contributed by atoms with van der Waals surface area (Å²) in [5, 5.41) is 10.2. The fourth-order valence-electron chi connectivity index (χ4n) is 0.0781. The molecule has 0 aromatic heterocycles. The SMILES string of the molecule is O=[N+]([O-])[C]([K])([K])C(=S)S. The summed E-state index contributed by atoms with van der Waals surface area (Å²) >= 11 is 8.68. The second kappa shape index (κ2) is 4.98. The molecule has 0 atom stereocenters. The molecule has 0 aromatic carbocycles. The van der Waals surface area contributed by atoms with E-state index in [1.807, 2.05) is 0 Å². The van der Waals surface area contributed by atoms with Crippen molar-refractivity contribution in [3.8, 4) is 0 Å². The molecule has 7 heteroatoms. The first-order valence-corrected chi connectivity index (χ1v) is 6.25. The Kier molecular flexibility index (Phi) is 6.70. The fraction of sp³-hybridized carbons (Fsp3) is 0.500. The van der Waals surface area contributed by atoms with Crippen LogP contribution in [-0.4, -0.2) is 101 Å². The van der Waals surface area contributed by atoms with Gasteiger partial charge in [0.05, 0.1) is 0 Å². The molecule has 0 aliphatic carbocycles. The molecule has 0 fully saturated rings. The third-order valence-electron chi connectivity index (χ3n) is 0.980. The average molecular weight is 213 g/mol. The number of hydrogen-bond acceptors (Lipinski definition) is 3. The van der Waals surface area contributed by atoms with Gasteiger partial charge in [0.1, 0.15) is 0 Å². The Labute approximate surface area is 131 Å². The van der Waals surface area contributed by atoms with Crippen molar-refractivity contribution in [2.24, 2.45) is 0 Å². The average Bonchev–Trinajstić information content (AvgIpc) is 1.65. The first-order chi connectivity index (χ1) is 3.89. The van der Waals surface area contributed by atoms with E-state index in [1.54, 1.807) is 0 Å². The van der Waals surface area contributed by atoms with E-state index < -0.39 is -6.27 Å². The Morgan fingerprint density at radius 2 is 2.11 bits per heavy atom. The van der Waals surface area contributed by atoms with Gasteiger partial charge in [0.15, 0.2) is 0 Å². The molecule has 0 aliphatic heterocycles. The topological polar surface area (TPSA) is 43.1 Å². The van der Waals surface area contributed by atoms with Crippen LogP contribution in [0.2, 0.25) is 0 Å². The summed E-state index contributed by atoms with van der Waals surface area (Å²) in [5.74, 6) is 0. The minimum atomic E-state index is -0.807. The Morgan fingerprint density at radius 3 is 2.11 bits per heavy atom. The third kappa shape index (κ3) is 4.04. The molecule has 0 heterocycles. The molecular formula is C2HK2NO2S2. The maximum atomic E-state index is 10.2. The molecule has 0 saturated heterocycles. The summed E-state index contributed by atoms with van der Waals surface area (Å²) in [5.41, 5.74) is 0. The second-order valence-electron chi connectivity index (χ2n) is 2.12. The van der Waals surface area contributed by atoms with Crippen LogP contribution in [0.3, 0.4) is 0 Å². The van der Waals surface area contributed by atoms with E-state index >= 15 is 0 Å². The van der Waals surface area contributed by atoms with Crippen molar-refractivity contribution < 1.29 is 4.92 Å². The molecule has 0 unspecified atom stereocenters.